The van der Waals surface area contributed by atoms with Crippen LogP contribution in [0, 0.1) is 5.92 Å². The van der Waals surface area contributed by atoms with Gasteiger partial charge in [0.05, 0.1) is 11.7 Å². The predicted octanol–water partition coefficient (Wildman–Crippen LogP) is 2.87. The Morgan fingerprint density at radius 2 is 1.55 bits per heavy atom. The van der Waals surface area contributed by atoms with Gasteiger partial charge in [0.15, 0.2) is 0 Å². The summed E-state index contributed by atoms with van der Waals surface area (Å²) in [5, 5.41) is 0.572. The molecule has 2 saturated heterocycles. The molecule has 2 aromatic rings. The van der Waals surface area contributed by atoms with Crippen molar-refractivity contribution in [2.24, 2.45) is 5.92 Å². The second-order valence-electron chi connectivity index (χ2n) is 8.56. The largest absolute Gasteiger partial charge is 0.340 e. The highest BCUT2D eigenvalue weighted by Gasteiger charge is 2.34. The molecule has 1 unspecified atom stereocenters. The Balaban J connectivity index is 1.32. The highest BCUT2D eigenvalue weighted by Crippen LogP contribution is 2.23. The molecule has 0 spiro atoms. The Labute approximate surface area is 200 Å². The molecule has 0 aliphatic carbocycles. The molecular weight excluding hydrogens is 462 g/mol. The summed E-state index contributed by atoms with van der Waals surface area (Å²) in [5.41, 5.74) is 1.31. The highest BCUT2D eigenvalue weighted by molar-refractivity contribution is 7.88. The Kier molecular flexibility index (Phi) is 7.36. The first kappa shape index (κ1) is 23.7. The summed E-state index contributed by atoms with van der Waals surface area (Å²) in [7, 11) is -3.43. The lowest BCUT2D eigenvalue weighted by atomic mass is 9.95. The van der Waals surface area contributed by atoms with Crippen molar-refractivity contribution in [1.82, 2.24) is 14.1 Å². The van der Waals surface area contributed by atoms with Crippen LogP contribution in [0.25, 0.3) is 0 Å². The molecule has 176 valence electrons. The van der Waals surface area contributed by atoms with Crippen LogP contribution in [-0.4, -0.2) is 73.6 Å². The monoisotopic (exact) mass is 489 g/mol. The number of piperidine rings is 1. The standard InChI is InChI=1S/C24H28ClN3O4S/c25-22-10-8-20(9-11-22)23(29)27-12-4-7-21(17-27)24(30)26-13-15-28(16-14-26)33(31,32)18-19-5-2-1-3-6-19/h1-3,5-6,8-11,21H,4,7,12-18H2. The normalized spacial score (nSPS) is 20.0. The summed E-state index contributed by atoms with van der Waals surface area (Å²) < 4.78 is 27.0. The zero-order valence-electron chi connectivity index (χ0n) is 18.4. The number of nitrogens with zero attached hydrogens (tertiary/aromatic N) is 3. The van der Waals surface area contributed by atoms with Crippen LogP contribution in [0.15, 0.2) is 54.6 Å². The SMILES string of the molecule is O=C(c1ccc(Cl)cc1)N1CCCC(C(=O)N2CCN(S(=O)(=O)Cc3ccccc3)CC2)C1. The maximum atomic E-state index is 13.2. The van der Waals surface area contributed by atoms with E-state index in [9.17, 15) is 18.0 Å². The van der Waals surface area contributed by atoms with Gasteiger partial charge in [-0.2, -0.15) is 4.31 Å². The maximum Gasteiger partial charge on any atom is 0.253 e. The second kappa shape index (κ2) is 10.2. The second-order valence-corrected chi connectivity index (χ2v) is 11.0. The van der Waals surface area contributed by atoms with Crippen LogP contribution in [0.3, 0.4) is 0 Å². The van der Waals surface area contributed by atoms with Crippen LogP contribution < -0.4 is 0 Å². The number of rotatable bonds is 5. The third-order valence-corrected chi connectivity index (χ3v) is 8.39. The van der Waals surface area contributed by atoms with Gasteiger partial charge in [0, 0.05) is 49.9 Å². The minimum absolute atomic E-state index is 0.00344. The Morgan fingerprint density at radius 3 is 2.21 bits per heavy atom. The minimum Gasteiger partial charge on any atom is -0.340 e. The molecule has 2 aromatic carbocycles. The van der Waals surface area contributed by atoms with Crippen molar-refractivity contribution < 1.29 is 18.0 Å². The minimum atomic E-state index is -3.43. The molecular formula is C24H28ClN3O4S. The maximum absolute atomic E-state index is 13.2. The summed E-state index contributed by atoms with van der Waals surface area (Å²) in [6, 6.07) is 15.9. The van der Waals surface area contributed by atoms with Gasteiger partial charge in [-0.25, -0.2) is 8.42 Å². The number of benzene rings is 2. The van der Waals surface area contributed by atoms with Crippen LogP contribution in [0.2, 0.25) is 5.02 Å². The lowest BCUT2D eigenvalue weighted by Crippen LogP contribution is -2.54. The quantitative estimate of drug-likeness (QED) is 0.647. The molecule has 33 heavy (non-hydrogen) atoms. The van der Waals surface area contributed by atoms with Crippen LogP contribution in [-0.2, 0) is 20.6 Å². The third kappa shape index (κ3) is 5.75. The van der Waals surface area contributed by atoms with Crippen molar-refractivity contribution in [3.8, 4) is 0 Å². The van der Waals surface area contributed by atoms with Crippen LogP contribution >= 0.6 is 11.6 Å². The van der Waals surface area contributed by atoms with Crippen molar-refractivity contribution in [3.05, 3.63) is 70.7 Å². The first-order chi connectivity index (χ1) is 15.8. The molecule has 4 rings (SSSR count). The fraction of sp³-hybridized carbons (Fsp3) is 0.417. The molecule has 2 fully saturated rings. The fourth-order valence-corrected chi connectivity index (χ4v) is 6.10. The first-order valence-electron chi connectivity index (χ1n) is 11.2. The highest BCUT2D eigenvalue weighted by atomic mass is 35.5. The van der Waals surface area contributed by atoms with Crippen molar-refractivity contribution in [2.75, 3.05) is 39.3 Å². The van der Waals surface area contributed by atoms with Crippen LogP contribution in [0.4, 0.5) is 0 Å². The average Bonchev–Trinajstić information content (AvgIpc) is 2.84. The molecule has 0 bridgehead atoms. The molecule has 7 nitrogen and oxygen atoms in total. The molecule has 0 aromatic heterocycles. The van der Waals surface area contributed by atoms with Crippen LogP contribution in [0.1, 0.15) is 28.8 Å². The van der Waals surface area contributed by atoms with Gasteiger partial charge in [-0.3, -0.25) is 9.59 Å². The lowest BCUT2D eigenvalue weighted by Gasteiger charge is -2.38. The van der Waals surface area contributed by atoms with E-state index >= 15 is 0 Å². The van der Waals surface area contributed by atoms with Gasteiger partial charge in [0.25, 0.3) is 5.91 Å². The summed E-state index contributed by atoms with van der Waals surface area (Å²) >= 11 is 5.92. The van der Waals surface area contributed by atoms with Gasteiger partial charge in [0.1, 0.15) is 0 Å². The lowest BCUT2D eigenvalue weighted by molar-refractivity contribution is -0.138. The van der Waals surface area contributed by atoms with Crippen molar-refractivity contribution >= 4 is 33.4 Å². The number of piperazine rings is 1. The average molecular weight is 490 g/mol. The summed E-state index contributed by atoms with van der Waals surface area (Å²) in [6.45, 7) is 2.33. The molecule has 0 radical (unpaired) electrons. The van der Waals surface area contributed by atoms with E-state index in [1.807, 2.05) is 18.2 Å². The summed E-state index contributed by atoms with van der Waals surface area (Å²) in [5.74, 6) is -0.390. The molecule has 2 heterocycles. The number of hydrogen-bond acceptors (Lipinski definition) is 4. The van der Waals surface area contributed by atoms with E-state index in [4.69, 9.17) is 11.6 Å². The van der Waals surface area contributed by atoms with E-state index < -0.39 is 10.0 Å². The molecule has 0 N–H and O–H groups in total. The number of amides is 2. The van der Waals surface area contributed by atoms with E-state index in [1.54, 1.807) is 46.2 Å². The van der Waals surface area contributed by atoms with Gasteiger partial charge in [-0.1, -0.05) is 41.9 Å². The molecule has 1 atom stereocenters. The van der Waals surface area contributed by atoms with Gasteiger partial charge in [-0.15, -0.1) is 0 Å². The number of hydrogen-bond donors (Lipinski definition) is 0. The van der Waals surface area contributed by atoms with Gasteiger partial charge in [0.2, 0.25) is 15.9 Å². The molecule has 9 heteroatoms. The van der Waals surface area contributed by atoms with Crippen LogP contribution in [0.5, 0.6) is 0 Å². The van der Waals surface area contributed by atoms with Crippen molar-refractivity contribution in [3.63, 3.8) is 0 Å². The van der Waals surface area contributed by atoms with E-state index in [-0.39, 0.29) is 23.5 Å². The predicted molar refractivity (Wildman–Crippen MR) is 127 cm³/mol. The van der Waals surface area contributed by atoms with Crippen molar-refractivity contribution in [2.45, 2.75) is 18.6 Å². The Morgan fingerprint density at radius 1 is 0.879 bits per heavy atom. The Bertz CT molecular complexity index is 1080. The summed E-state index contributed by atoms with van der Waals surface area (Å²) in [6.07, 6.45) is 1.50. The number of halogens is 1. The molecule has 0 saturated carbocycles. The van der Waals surface area contributed by atoms with E-state index in [2.05, 4.69) is 0 Å². The Hall–Kier alpha value is -2.42. The zero-order chi connectivity index (χ0) is 23.4. The molecule has 2 aliphatic heterocycles. The van der Waals surface area contributed by atoms with E-state index in [0.29, 0.717) is 49.9 Å². The van der Waals surface area contributed by atoms with E-state index in [1.165, 1.54) is 4.31 Å². The third-order valence-electron chi connectivity index (χ3n) is 6.28. The zero-order valence-corrected chi connectivity index (χ0v) is 20.0. The van der Waals surface area contributed by atoms with Gasteiger partial charge in [-0.05, 0) is 42.7 Å². The number of carbonyl (C=O) groups excluding carboxylic acids is 2. The number of carbonyl (C=O) groups is 2. The van der Waals surface area contributed by atoms with Gasteiger partial charge < -0.3 is 9.80 Å². The smallest absolute Gasteiger partial charge is 0.253 e. The molecule has 2 aliphatic rings. The first-order valence-corrected chi connectivity index (χ1v) is 13.2. The fourth-order valence-electron chi connectivity index (χ4n) is 4.46. The molecule has 2 amide bonds. The van der Waals surface area contributed by atoms with Gasteiger partial charge >= 0.3 is 0 Å². The number of sulfonamides is 1. The summed E-state index contributed by atoms with van der Waals surface area (Å²) in [4.78, 5) is 29.5. The topological polar surface area (TPSA) is 78.0 Å². The van der Waals surface area contributed by atoms with E-state index in [0.717, 1.165) is 18.4 Å². The number of likely N-dealkylation sites (tertiary alicyclic amines) is 1. The van der Waals surface area contributed by atoms with Crippen molar-refractivity contribution in [1.29, 1.82) is 0 Å².